The summed E-state index contributed by atoms with van der Waals surface area (Å²) in [4.78, 5) is 22.5. The third-order valence-electron chi connectivity index (χ3n) is 2.18. The zero-order chi connectivity index (χ0) is 12.6. The van der Waals surface area contributed by atoms with Gasteiger partial charge in [0.25, 0.3) is 0 Å². The lowest BCUT2D eigenvalue weighted by atomic mass is 9.98. The minimum absolute atomic E-state index is 0.0778. The van der Waals surface area contributed by atoms with Crippen molar-refractivity contribution in [1.82, 2.24) is 0 Å². The van der Waals surface area contributed by atoms with Crippen molar-refractivity contribution < 1.29 is 19.4 Å². The summed E-state index contributed by atoms with van der Waals surface area (Å²) < 4.78 is 4.85. The monoisotopic (exact) mass is 249 g/mol. The number of aliphatic carboxylic acids is 1. The molecule has 0 aromatic heterocycles. The summed E-state index contributed by atoms with van der Waals surface area (Å²) in [6, 6.07) is 0. The molecule has 0 rings (SSSR count). The van der Waals surface area contributed by atoms with Gasteiger partial charge in [0.05, 0.1) is 6.61 Å². The van der Waals surface area contributed by atoms with E-state index in [1.54, 1.807) is 0 Å². The van der Waals surface area contributed by atoms with Gasteiger partial charge in [-0.25, -0.2) is 9.59 Å². The van der Waals surface area contributed by atoms with Crippen molar-refractivity contribution in [3.05, 3.63) is 0 Å². The molecule has 0 aromatic carbocycles. The first-order valence-electron chi connectivity index (χ1n) is 5.17. The minimum atomic E-state index is -1.91. The number of carboxylic acids is 1. The van der Waals surface area contributed by atoms with Gasteiger partial charge < -0.3 is 15.6 Å². The first kappa shape index (κ1) is 15.2. The van der Waals surface area contributed by atoms with Crippen molar-refractivity contribution in [2.24, 2.45) is 5.73 Å². The smallest absolute Gasteiger partial charge is 0.337 e. The van der Waals surface area contributed by atoms with Gasteiger partial charge in [-0.1, -0.05) is 13.3 Å². The Hall–Kier alpha value is -0.750. The van der Waals surface area contributed by atoms with Gasteiger partial charge in [-0.2, -0.15) is 11.8 Å². The maximum Gasteiger partial charge on any atom is 0.337 e. The van der Waals surface area contributed by atoms with Crippen LogP contribution in [-0.4, -0.2) is 41.2 Å². The fourth-order valence-electron chi connectivity index (χ4n) is 0.997. The number of nitrogens with two attached hydrogens (primary N) is 1. The van der Waals surface area contributed by atoms with Gasteiger partial charge in [0.2, 0.25) is 5.54 Å². The number of esters is 1. The molecular formula is C10H19NO4S. The maximum absolute atomic E-state index is 11.5. The fourth-order valence-corrected chi connectivity index (χ4v) is 1.52. The first-order chi connectivity index (χ1) is 7.49. The molecule has 1 atom stereocenters. The average Bonchev–Trinajstić information content (AvgIpc) is 2.25. The summed E-state index contributed by atoms with van der Waals surface area (Å²) in [7, 11) is 0. The molecule has 0 saturated heterocycles. The van der Waals surface area contributed by atoms with E-state index in [-0.39, 0.29) is 13.0 Å². The number of carboxylic acid groups (broad SMARTS) is 1. The predicted molar refractivity (Wildman–Crippen MR) is 63.4 cm³/mol. The van der Waals surface area contributed by atoms with E-state index in [9.17, 15) is 9.59 Å². The van der Waals surface area contributed by atoms with Gasteiger partial charge in [-0.15, -0.1) is 0 Å². The molecule has 16 heavy (non-hydrogen) atoms. The summed E-state index contributed by atoms with van der Waals surface area (Å²) in [6.07, 6.45) is 3.49. The van der Waals surface area contributed by atoms with Gasteiger partial charge in [0, 0.05) is 0 Å². The van der Waals surface area contributed by atoms with Crippen molar-refractivity contribution in [2.75, 3.05) is 18.6 Å². The largest absolute Gasteiger partial charge is 0.479 e. The van der Waals surface area contributed by atoms with Crippen LogP contribution in [0.25, 0.3) is 0 Å². The molecule has 3 N–H and O–H groups in total. The van der Waals surface area contributed by atoms with E-state index in [1.807, 2.05) is 13.2 Å². The number of hydrogen-bond donors (Lipinski definition) is 2. The molecule has 0 saturated carbocycles. The number of carbonyl (C=O) groups is 2. The van der Waals surface area contributed by atoms with Gasteiger partial charge in [0.15, 0.2) is 0 Å². The standard InChI is InChI=1S/C10H19NO4S/c1-3-4-6-15-9(14)10(11,8(12)13)5-7-16-2/h3-7,11H2,1-2H3,(H,12,13)/t10-/m0/s1. The number of rotatable bonds is 8. The van der Waals surface area contributed by atoms with Crippen molar-refractivity contribution in [1.29, 1.82) is 0 Å². The van der Waals surface area contributed by atoms with E-state index in [0.717, 1.165) is 6.42 Å². The maximum atomic E-state index is 11.5. The van der Waals surface area contributed by atoms with Gasteiger partial charge in [-0.05, 0) is 24.9 Å². The van der Waals surface area contributed by atoms with E-state index < -0.39 is 17.5 Å². The average molecular weight is 249 g/mol. The zero-order valence-electron chi connectivity index (χ0n) is 9.69. The highest BCUT2D eigenvalue weighted by molar-refractivity contribution is 7.98. The molecule has 5 nitrogen and oxygen atoms in total. The molecule has 0 fully saturated rings. The molecule has 6 heteroatoms. The van der Waals surface area contributed by atoms with Crippen molar-refractivity contribution in [2.45, 2.75) is 31.7 Å². The lowest BCUT2D eigenvalue weighted by Crippen LogP contribution is -2.56. The number of carbonyl (C=O) groups excluding carboxylic acids is 1. The van der Waals surface area contributed by atoms with Crippen LogP contribution in [0.5, 0.6) is 0 Å². The van der Waals surface area contributed by atoms with Crippen LogP contribution in [0, 0.1) is 0 Å². The predicted octanol–water partition coefficient (Wildman–Crippen LogP) is 0.865. The quantitative estimate of drug-likeness (QED) is 0.377. The molecular weight excluding hydrogens is 230 g/mol. The Labute approximate surface area is 99.7 Å². The molecule has 0 aliphatic heterocycles. The summed E-state index contributed by atoms with van der Waals surface area (Å²) >= 11 is 1.44. The second kappa shape index (κ2) is 7.51. The Morgan fingerprint density at radius 1 is 1.50 bits per heavy atom. The Bertz CT molecular complexity index is 247. The number of hydrogen-bond acceptors (Lipinski definition) is 5. The topological polar surface area (TPSA) is 89.6 Å². The second-order valence-electron chi connectivity index (χ2n) is 3.51. The lowest BCUT2D eigenvalue weighted by molar-refractivity contribution is -0.161. The van der Waals surface area contributed by atoms with Gasteiger partial charge in [-0.3, -0.25) is 0 Å². The molecule has 0 heterocycles. The van der Waals surface area contributed by atoms with Crippen LogP contribution in [0.4, 0.5) is 0 Å². The van der Waals surface area contributed by atoms with Crippen molar-refractivity contribution >= 4 is 23.7 Å². The van der Waals surface area contributed by atoms with E-state index >= 15 is 0 Å². The van der Waals surface area contributed by atoms with Crippen LogP contribution in [-0.2, 0) is 14.3 Å². The molecule has 94 valence electrons. The normalized spacial score (nSPS) is 14.2. The number of thioether (sulfide) groups is 1. The fraction of sp³-hybridized carbons (Fsp3) is 0.800. The lowest BCUT2D eigenvalue weighted by Gasteiger charge is -2.22. The molecule has 0 amide bonds. The Kier molecular flexibility index (Phi) is 7.16. The van der Waals surface area contributed by atoms with Crippen LogP contribution in [0.15, 0.2) is 0 Å². The molecule has 0 bridgehead atoms. The third kappa shape index (κ3) is 4.40. The Morgan fingerprint density at radius 2 is 2.12 bits per heavy atom. The van der Waals surface area contributed by atoms with Crippen molar-refractivity contribution in [3.63, 3.8) is 0 Å². The summed E-state index contributed by atoms with van der Waals surface area (Å²) in [5.74, 6) is -1.67. The molecule has 0 aliphatic carbocycles. The molecule has 0 spiro atoms. The minimum Gasteiger partial charge on any atom is -0.479 e. The van der Waals surface area contributed by atoms with E-state index in [2.05, 4.69) is 0 Å². The highest BCUT2D eigenvalue weighted by Gasteiger charge is 2.43. The van der Waals surface area contributed by atoms with Gasteiger partial charge in [0.1, 0.15) is 0 Å². The SMILES string of the molecule is CCCCOC(=O)[C@](N)(CCSC)C(=O)O. The van der Waals surface area contributed by atoms with E-state index in [0.29, 0.717) is 12.2 Å². The number of ether oxygens (including phenoxy) is 1. The Balaban J connectivity index is 4.39. The summed E-state index contributed by atoms with van der Waals surface area (Å²) in [6.45, 7) is 2.18. The second-order valence-corrected chi connectivity index (χ2v) is 4.49. The molecule has 0 aliphatic rings. The number of unbranched alkanes of at least 4 members (excludes halogenated alkanes) is 1. The third-order valence-corrected chi connectivity index (χ3v) is 2.79. The zero-order valence-corrected chi connectivity index (χ0v) is 10.5. The van der Waals surface area contributed by atoms with Crippen LogP contribution in [0.1, 0.15) is 26.2 Å². The van der Waals surface area contributed by atoms with Gasteiger partial charge >= 0.3 is 11.9 Å². The van der Waals surface area contributed by atoms with E-state index in [1.165, 1.54) is 11.8 Å². The van der Waals surface area contributed by atoms with Crippen molar-refractivity contribution in [3.8, 4) is 0 Å². The summed E-state index contributed by atoms with van der Waals surface area (Å²) in [5, 5.41) is 8.95. The Morgan fingerprint density at radius 3 is 2.56 bits per heavy atom. The summed E-state index contributed by atoms with van der Waals surface area (Å²) in [5.41, 5.74) is 3.66. The highest BCUT2D eigenvalue weighted by atomic mass is 32.2. The highest BCUT2D eigenvalue weighted by Crippen LogP contribution is 2.13. The molecule has 0 unspecified atom stereocenters. The first-order valence-corrected chi connectivity index (χ1v) is 6.56. The molecule has 0 radical (unpaired) electrons. The van der Waals surface area contributed by atoms with Crippen LogP contribution in [0.2, 0.25) is 0 Å². The molecule has 0 aromatic rings. The van der Waals surface area contributed by atoms with Crippen LogP contribution in [0.3, 0.4) is 0 Å². The van der Waals surface area contributed by atoms with E-state index in [4.69, 9.17) is 15.6 Å². The van der Waals surface area contributed by atoms with Crippen LogP contribution >= 0.6 is 11.8 Å². The van der Waals surface area contributed by atoms with Crippen LogP contribution < -0.4 is 5.73 Å².